The van der Waals surface area contributed by atoms with E-state index in [4.69, 9.17) is 23.2 Å². The average Bonchev–Trinajstić information content (AvgIpc) is 2.38. The van der Waals surface area contributed by atoms with Crippen LogP contribution >= 0.6 is 23.2 Å². The lowest BCUT2D eigenvalue weighted by atomic mass is 10.1. The lowest BCUT2D eigenvalue weighted by molar-refractivity contribution is 1.29. The Bertz CT molecular complexity index is 622. The van der Waals surface area contributed by atoms with Crippen molar-refractivity contribution in [3.05, 3.63) is 63.1 Å². The van der Waals surface area contributed by atoms with Crippen molar-refractivity contribution in [2.24, 2.45) is 5.10 Å². The van der Waals surface area contributed by atoms with Crippen LogP contribution in [0.5, 0.6) is 0 Å². The summed E-state index contributed by atoms with van der Waals surface area (Å²) in [7, 11) is 0. The van der Waals surface area contributed by atoms with Crippen LogP contribution in [0.3, 0.4) is 0 Å². The molecule has 0 saturated carbocycles. The molecule has 1 N–H and O–H groups in total. The fraction of sp³-hybridized carbons (Fsp3) is 0.133. The Morgan fingerprint density at radius 2 is 1.74 bits per heavy atom. The third-order valence-corrected chi connectivity index (χ3v) is 3.60. The van der Waals surface area contributed by atoms with Gasteiger partial charge in [-0.1, -0.05) is 35.3 Å². The SMILES string of the molecule is Cc1ccc(N/N=C/c2ccc(Cl)c(Cl)c2)cc1C. The minimum atomic E-state index is 0.525. The molecule has 0 aromatic heterocycles. The zero-order chi connectivity index (χ0) is 13.8. The maximum Gasteiger partial charge on any atom is 0.0598 e. The first-order valence-corrected chi connectivity index (χ1v) is 6.63. The van der Waals surface area contributed by atoms with Crippen LogP contribution < -0.4 is 5.43 Å². The predicted molar refractivity (Wildman–Crippen MR) is 83.6 cm³/mol. The van der Waals surface area contributed by atoms with Gasteiger partial charge in [0.2, 0.25) is 0 Å². The zero-order valence-corrected chi connectivity index (χ0v) is 12.3. The summed E-state index contributed by atoms with van der Waals surface area (Å²) < 4.78 is 0. The highest BCUT2D eigenvalue weighted by Gasteiger charge is 1.97. The van der Waals surface area contributed by atoms with E-state index in [0.29, 0.717) is 10.0 Å². The smallest absolute Gasteiger partial charge is 0.0598 e. The van der Waals surface area contributed by atoms with Crippen LogP contribution in [0.25, 0.3) is 0 Å². The van der Waals surface area contributed by atoms with Gasteiger partial charge in [0, 0.05) is 0 Å². The molecule has 0 aliphatic carbocycles. The number of rotatable bonds is 3. The number of aryl methyl sites for hydroxylation is 2. The first-order chi connectivity index (χ1) is 9.06. The van der Waals surface area contributed by atoms with Gasteiger partial charge in [0.25, 0.3) is 0 Å². The van der Waals surface area contributed by atoms with Crippen molar-refractivity contribution in [2.75, 3.05) is 5.43 Å². The molecule has 0 unspecified atom stereocenters. The molecule has 19 heavy (non-hydrogen) atoms. The van der Waals surface area contributed by atoms with Crippen molar-refractivity contribution >= 4 is 35.1 Å². The third-order valence-electron chi connectivity index (χ3n) is 2.86. The summed E-state index contributed by atoms with van der Waals surface area (Å²) in [6.07, 6.45) is 1.71. The van der Waals surface area contributed by atoms with Gasteiger partial charge in [-0.3, -0.25) is 5.43 Å². The van der Waals surface area contributed by atoms with Crippen molar-refractivity contribution in [1.29, 1.82) is 0 Å². The molecule has 2 rings (SSSR count). The van der Waals surface area contributed by atoms with Crippen molar-refractivity contribution in [3.63, 3.8) is 0 Å². The highest BCUT2D eigenvalue weighted by Crippen LogP contribution is 2.21. The van der Waals surface area contributed by atoms with Crippen molar-refractivity contribution in [3.8, 4) is 0 Å². The highest BCUT2D eigenvalue weighted by atomic mass is 35.5. The minimum absolute atomic E-state index is 0.525. The van der Waals surface area contributed by atoms with Crippen LogP contribution in [0.4, 0.5) is 5.69 Å². The van der Waals surface area contributed by atoms with Crippen molar-refractivity contribution < 1.29 is 0 Å². The lowest BCUT2D eigenvalue weighted by Gasteiger charge is -2.04. The van der Waals surface area contributed by atoms with Crippen LogP contribution in [-0.4, -0.2) is 6.21 Å². The Balaban J connectivity index is 2.06. The third kappa shape index (κ3) is 3.72. The molecule has 2 nitrogen and oxygen atoms in total. The molecule has 2 aromatic carbocycles. The summed E-state index contributed by atoms with van der Waals surface area (Å²) in [6.45, 7) is 4.15. The molecule has 4 heteroatoms. The van der Waals surface area contributed by atoms with E-state index >= 15 is 0 Å². The van der Waals surface area contributed by atoms with Gasteiger partial charge in [-0.05, 0) is 54.8 Å². The number of hydrazone groups is 1. The molecular weight excluding hydrogens is 279 g/mol. The number of halogens is 2. The number of benzene rings is 2. The van der Waals surface area contributed by atoms with Crippen LogP contribution in [0.1, 0.15) is 16.7 Å². The van der Waals surface area contributed by atoms with Gasteiger partial charge >= 0.3 is 0 Å². The minimum Gasteiger partial charge on any atom is -0.278 e. The molecule has 0 amide bonds. The van der Waals surface area contributed by atoms with Gasteiger partial charge in [-0.25, -0.2) is 0 Å². The number of hydrogen-bond acceptors (Lipinski definition) is 2. The molecule has 0 atom stereocenters. The standard InChI is InChI=1S/C15H14Cl2N2/c1-10-3-5-13(7-11(10)2)19-18-9-12-4-6-14(16)15(17)8-12/h3-9,19H,1-2H3/b18-9+. The van der Waals surface area contributed by atoms with Gasteiger partial charge in [-0.2, -0.15) is 5.10 Å². The number of nitrogens with one attached hydrogen (secondary N) is 1. The number of hydrogen-bond donors (Lipinski definition) is 1. The van der Waals surface area contributed by atoms with Crippen LogP contribution in [-0.2, 0) is 0 Å². The fourth-order valence-corrected chi connectivity index (χ4v) is 1.89. The van der Waals surface area contributed by atoms with E-state index in [9.17, 15) is 0 Å². The summed E-state index contributed by atoms with van der Waals surface area (Å²) in [4.78, 5) is 0. The Kier molecular flexibility index (Phi) is 4.46. The summed E-state index contributed by atoms with van der Waals surface area (Å²) in [5, 5.41) is 5.24. The first-order valence-electron chi connectivity index (χ1n) is 5.87. The second kappa shape index (κ2) is 6.09. The molecule has 0 aliphatic heterocycles. The van der Waals surface area contributed by atoms with E-state index in [1.165, 1.54) is 11.1 Å². The Labute approximate surface area is 123 Å². The molecule has 0 spiro atoms. The van der Waals surface area contributed by atoms with Crippen LogP contribution in [0.2, 0.25) is 10.0 Å². The Morgan fingerprint density at radius 3 is 2.42 bits per heavy atom. The Hall–Kier alpha value is -1.51. The van der Waals surface area contributed by atoms with Crippen LogP contribution in [0, 0.1) is 13.8 Å². The maximum atomic E-state index is 5.93. The van der Waals surface area contributed by atoms with E-state index in [0.717, 1.165) is 11.3 Å². The maximum absolute atomic E-state index is 5.93. The van der Waals surface area contributed by atoms with Gasteiger partial charge in [0.1, 0.15) is 0 Å². The Morgan fingerprint density at radius 1 is 0.947 bits per heavy atom. The number of anilines is 1. The first kappa shape index (κ1) is 13.9. The second-order valence-corrected chi connectivity index (χ2v) is 5.16. The molecule has 0 saturated heterocycles. The molecule has 0 radical (unpaired) electrons. The molecule has 0 heterocycles. The largest absolute Gasteiger partial charge is 0.278 e. The topological polar surface area (TPSA) is 24.4 Å². The molecule has 0 fully saturated rings. The molecule has 2 aromatic rings. The number of nitrogens with zero attached hydrogens (tertiary/aromatic N) is 1. The van der Waals surface area contributed by atoms with Crippen LogP contribution in [0.15, 0.2) is 41.5 Å². The molecule has 98 valence electrons. The average molecular weight is 293 g/mol. The lowest BCUT2D eigenvalue weighted by Crippen LogP contribution is -1.92. The van der Waals surface area contributed by atoms with Gasteiger partial charge < -0.3 is 0 Å². The fourth-order valence-electron chi connectivity index (χ4n) is 1.58. The summed E-state index contributed by atoms with van der Waals surface area (Å²) in [6, 6.07) is 11.5. The van der Waals surface area contributed by atoms with E-state index in [-0.39, 0.29) is 0 Å². The molecule has 0 bridgehead atoms. The van der Waals surface area contributed by atoms with E-state index in [1.807, 2.05) is 12.1 Å². The van der Waals surface area contributed by atoms with Crippen molar-refractivity contribution in [1.82, 2.24) is 0 Å². The predicted octanol–water partition coefficient (Wildman–Crippen LogP) is 5.06. The summed E-state index contributed by atoms with van der Waals surface area (Å²) >= 11 is 11.8. The van der Waals surface area contributed by atoms with E-state index in [1.54, 1.807) is 18.3 Å². The summed E-state index contributed by atoms with van der Waals surface area (Å²) in [5.74, 6) is 0. The van der Waals surface area contributed by atoms with Crippen molar-refractivity contribution in [2.45, 2.75) is 13.8 Å². The van der Waals surface area contributed by atoms with E-state index < -0.39 is 0 Å². The quantitative estimate of drug-likeness (QED) is 0.621. The zero-order valence-electron chi connectivity index (χ0n) is 10.7. The van der Waals surface area contributed by atoms with Gasteiger partial charge in [0.15, 0.2) is 0 Å². The highest BCUT2D eigenvalue weighted by molar-refractivity contribution is 6.42. The summed E-state index contributed by atoms with van der Waals surface area (Å²) in [5.41, 5.74) is 7.33. The second-order valence-electron chi connectivity index (χ2n) is 4.34. The van der Waals surface area contributed by atoms with Gasteiger partial charge in [-0.15, -0.1) is 0 Å². The monoisotopic (exact) mass is 292 g/mol. The molecular formula is C15H14Cl2N2. The van der Waals surface area contributed by atoms with Gasteiger partial charge in [0.05, 0.1) is 21.9 Å². The molecule has 0 aliphatic rings. The normalized spacial score (nSPS) is 10.9. The van der Waals surface area contributed by atoms with E-state index in [2.05, 4.69) is 36.5 Å².